The zero-order chi connectivity index (χ0) is 23.8. The minimum Gasteiger partial charge on any atom is -0.494 e. The third-order valence-corrected chi connectivity index (χ3v) is 5.65. The number of aliphatic imine (C=N–C) groups is 1. The highest BCUT2D eigenvalue weighted by Crippen LogP contribution is 2.42. The summed E-state index contributed by atoms with van der Waals surface area (Å²) in [7, 11) is -2.68. The Hall–Kier alpha value is -2.96. The van der Waals surface area contributed by atoms with Gasteiger partial charge in [-0.2, -0.15) is 10.4 Å². The van der Waals surface area contributed by atoms with Crippen LogP contribution in [-0.4, -0.2) is 39.7 Å². The molecule has 0 spiro atoms. The molecule has 0 heterocycles. The molecule has 2 aromatic carbocycles. The quantitative estimate of drug-likeness (QED) is 0.155. The first-order valence-electron chi connectivity index (χ1n) is 9.71. The molecule has 0 aliphatic heterocycles. The zero-order valence-electron chi connectivity index (χ0n) is 18.3. The Bertz CT molecular complexity index is 1100. The number of methoxy groups -OCH3 is 1. The maximum Gasteiger partial charge on any atom is 0.358 e. The van der Waals surface area contributed by atoms with Gasteiger partial charge >= 0.3 is 13.4 Å². The molecule has 0 amide bonds. The van der Waals surface area contributed by atoms with Crippen molar-refractivity contribution >= 4 is 24.3 Å². The summed E-state index contributed by atoms with van der Waals surface area (Å²) >= 11 is 0. The fourth-order valence-corrected chi connectivity index (χ4v) is 3.66. The highest BCUT2D eigenvalue weighted by atomic mass is 31.2. The van der Waals surface area contributed by atoms with E-state index < -0.39 is 12.5 Å². The van der Waals surface area contributed by atoms with Crippen LogP contribution in [0.2, 0.25) is 0 Å². The smallest absolute Gasteiger partial charge is 0.358 e. The number of benzene rings is 2. The van der Waals surface area contributed by atoms with Crippen LogP contribution in [0.5, 0.6) is 5.75 Å². The van der Waals surface area contributed by atoms with Crippen molar-refractivity contribution in [2.75, 3.05) is 19.1 Å². The fourth-order valence-electron chi connectivity index (χ4n) is 2.62. The van der Waals surface area contributed by atoms with Crippen molar-refractivity contribution < 1.29 is 34.1 Å². The van der Waals surface area contributed by atoms with E-state index in [2.05, 4.69) is 22.3 Å². The molecule has 0 radical (unpaired) electrons. The van der Waals surface area contributed by atoms with Gasteiger partial charge in [-0.25, -0.2) is 0 Å². The van der Waals surface area contributed by atoms with Gasteiger partial charge in [0.15, 0.2) is 0 Å². The number of hydroxylamine groups is 2. The van der Waals surface area contributed by atoms with Crippen LogP contribution in [0.15, 0.2) is 65.4 Å². The Morgan fingerprint density at radius 2 is 1.94 bits per heavy atom. The molecule has 0 bridgehead atoms. The lowest BCUT2D eigenvalue weighted by Crippen LogP contribution is -2.45. The Morgan fingerprint density at radius 1 is 1.25 bits per heavy atom. The Morgan fingerprint density at radius 3 is 2.53 bits per heavy atom. The van der Waals surface area contributed by atoms with Gasteiger partial charge in [0.1, 0.15) is 11.4 Å². The SMILES string of the molecule is C/C=C(\N=C(/C)C#Cc1ccccc1)[N+](O)(O)Nc1ccc(P(=O)(O)OCC)cc1OC. The summed E-state index contributed by atoms with van der Waals surface area (Å²) in [6.45, 7) is 4.88. The van der Waals surface area contributed by atoms with Crippen molar-refractivity contribution in [1.82, 2.24) is 0 Å². The standard InChI is InChI=1S/C22H26N3O6P/c1-5-22(23-17(3)12-13-18-10-8-7-9-11-18)25(26,27)24-20-15-14-19(16-21(20)30-4)32(28,29)31-6-2/h5,7-11,14-16,24,26-27H,6H2,1-4H3/p+1/b22-5+,23-17+. The molecule has 170 valence electrons. The van der Waals surface area contributed by atoms with Gasteiger partial charge in [0, 0.05) is 11.6 Å². The van der Waals surface area contributed by atoms with Gasteiger partial charge in [-0.3, -0.25) is 4.57 Å². The van der Waals surface area contributed by atoms with Crippen LogP contribution in [0, 0.1) is 11.8 Å². The number of anilines is 1. The van der Waals surface area contributed by atoms with E-state index in [1.165, 1.54) is 31.4 Å². The number of nitrogens with one attached hydrogen (secondary N) is 1. The maximum absolute atomic E-state index is 12.2. The number of nitrogens with zero attached hydrogens (tertiary/aromatic N) is 2. The second-order valence-electron chi connectivity index (χ2n) is 6.50. The monoisotopic (exact) mass is 460 g/mol. The summed E-state index contributed by atoms with van der Waals surface area (Å²) in [6.07, 6.45) is 1.40. The lowest BCUT2D eigenvalue weighted by Gasteiger charge is -2.22. The third-order valence-electron chi connectivity index (χ3n) is 4.11. The van der Waals surface area contributed by atoms with Crippen LogP contribution in [0.4, 0.5) is 5.69 Å². The van der Waals surface area contributed by atoms with Crippen molar-refractivity contribution in [2.24, 2.45) is 4.99 Å². The molecule has 32 heavy (non-hydrogen) atoms. The topological polar surface area (TPSA) is 121 Å². The molecule has 2 rings (SSSR count). The average Bonchev–Trinajstić information content (AvgIpc) is 2.76. The molecule has 1 unspecified atom stereocenters. The van der Waals surface area contributed by atoms with E-state index in [-0.39, 0.29) is 29.2 Å². The highest BCUT2D eigenvalue weighted by Gasteiger charge is 2.32. The van der Waals surface area contributed by atoms with Crippen molar-refractivity contribution in [2.45, 2.75) is 20.8 Å². The summed E-state index contributed by atoms with van der Waals surface area (Å²) in [5.74, 6) is 5.75. The van der Waals surface area contributed by atoms with Gasteiger partial charge in [-0.05, 0) is 57.0 Å². The molecule has 1 atom stereocenters. The molecule has 0 aromatic heterocycles. The fraction of sp³-hybridized carbons (Fsp3) is 0.227. The van der Waals surface area contributed by atoms with Crippen molar-refractivity contribution in [1.29, 1.82) is 0 Å². The van der Waals surface area contributed by atoms with E-state index in [0.29, 0.717) is 5.71 Å². The molecule has 0 aliphatic rings. The molecule has 2 aromatic rings. The first-order valence-corrected chi connectivity index (χ1v) is 11.3. The molecular weight excluding hydrogens is 433 g/mol. The van der Waals surface area contributed by atoms with Gasteiger partial charge in [0.05, 0.1) is 29.7 Å². The number of rotatable bonds is 8. The van der Waals surface area contributed by atoms with E-state index in [0.717, 1.165) is 5.56 Å². The lowest BCUT2D eigenvalue weighted by molar-refractivity contribution is -1.20. The molecule has 0 aliphatic carbocycles. The van der Waals surface area contributed by atoms with E-state index in [9.17, 15) is 19.9 Å². The van der Waals surface area contributed by atoms with Crippen LogP contribution < -0.4 is 15.5 Å². The van der Waals surface area contributed by atoms with Gasteiger partial charge in [0.2, 0.25) is 0 Å². The van der Waals surface area contributed by atoms with E-state index in [1.807, 2.05) is 30.3 Å². The molecule has 0 saturated heterocycles. The molecule has 0 fully saturated rings. The zero-order valence-corrected chi connectivity index (χ0v) is 19.2. The summed E-state index contributed by atoms with van der Waals surface area (Å²) in [6, 6.07) is 13.3. The molecule has 0 saturated carbocycles. The molecule has 10 heteroatoms. The predicted molar refractivity (Wildman–Crippen MR) is 122 cm³/mol. The Balaban J connectivity index is 2.28. The minimum atomic E-state index is -4.02. The second kappa shape index (κ2) is 11.1. The molecule has 4 N–H and O–H groups in total. The maximum atomic E-state index is 12.2. The third kappa shape index (κ3) is 6.77. The van der Waals surface area contributed by atoms with Gasteiger partial charge < -0.3 is 14.2 Å². The minimum absolute atomic E-state index is 0.00652. The number of hydrogen-bond donors (Lipinski definition) is 4. The van der Waals surface area contributed by atoms with Gasteiger partial charge in [0.25, 0.3) is 0 Å². The highest BCUT2D eigenvalue weighted by molar-refractivity contribution is 7.61. The van der Waals surface area contributed by atoms with E-state index in [4.69, 9.17) is 9.26 Å². The summed E-state index contributed by atoms with van der Waals surface area (Å²) < 4.78 is 22.4. The molecular formula is C22H27N3O6P+. The van der Waals surface area contributed by atoms with Crippen LogP contribution in [-0.2, 0) is 9.09 Å². The molecule has 9 nitrogen and oxygen atoms in total. The normalized spacial score (nSPS) is 14.2. The number of hydrogen-bond acceptors (Lipinski definition) is 7. The van der Waals surface area contributed by atoms with Crippen molar-refractivity contribution in [3.8, 4) is 17.6 Å². The van der Waals surface area contributed by atoms with Gasteiger partial charge in [-0.15, -0.1) is 10.4 Å². The lowest BCUT2D eigenvalue weighted by atomic mass is 10.2. The van der Waals surface area contributed by atoms with Crippen LogP contribution >= 0.6 is 7.60 Å². The largest absolute Gasteiger partial charge is 0.494 e. The van der Waals surface area contributed by atoms with E-state index >= 15 is 0 Å². The first-order chi connectivity index (χ1) is 15.1. The Labute approximate surface area is 187 Å². The summed E-state index contributed by atoms with van der Waals surface area (Å²) in [4.78, 5) is 12.4. The first kappa shape index (κ1) is 25.3. The van der Waals surface area contributed by atoms with Crippen molar-refractivity contribution in [3.05, 3.63) is 66.0 Å². The summed E-state index contributed by atoms with van der Waals surface area (Å²) in [5, 5.41) is 21.1. The summed E-state index contributed by atoms with van der Waals surface area (Å²) in [5.41, 5.74) is 3.76. The van der Waals surface area contributed by atoms with Crippen LogP contribution in [0.25, 0.3) is 0 Å². The number of quaternary nitrogens is 1. The van der Waals surface area contributed by atoms with Crippen LogP contribution in [0.1, 0.15) is 26.3 Å². The van der Waals surface area contributed by atoms with Gasteiger partial charge in [-0.1, -0.05) is 24.1 Å². The van der Waals surface area contributed by atoms with Crippen molar-refractivity contribution in [3.63, 3.8) is 0 Å². The number of ether oxygens (including phenoxy) is 1. The number of allylic oxidation sites excluding steroid dienone is 1. The Kier molecular flexibility index (Phi) is 8.75. The van der Waals surface area contributed by atoms with E-state index in [1.54, 1.807) is 20.8 Å². The van der Waals surface area contributed by atoms with Crippen LogP contribution in [0.3, 0.4) is 0 Å². The average molecular weight is 460 g/mol. The second-order valence-corrected chi connectivity index (χ2v) is 8.31. The predicted octanol–water partition coefficient (Wildman–Crippen LogP) is 3.84.